The zero-order valence-corrected chi connectivity index (χ0v) is 16.8. The van der Waals surface area contributed by atoms with Crippen LogP contribution in [0, 0.1) is 27.7 Å². The summed E-state index contributed by atoms with van der Waals surface area (Å²) in [4.78, 5) is 20.8. The summed E-state index contributed by atoms with van der Waals surface area (Å²) in [6.45, 7) is 8.13. The van der Waals surface area contributed by atoms with E-state index in [2.05, 4.69) is 53.5 Å². The zero-order valence-electron chi connectivity index (χ0n) is 16.8. The van der Waals surface area contributed by atoms with E-state index in [1.54, 1.807) is 18.2 Å². The van der Waals surface area contributed by atoms with E-state index in [4.69, 9.17) is 4.74 Å². The molecule has 3 rings (SSSR count). The zero-order chi connectivity index (χ0) is 20.3. The molecule has 1 aromatic heterocycles. The first-order valence-electron chi connectivity index (χ1n) is 9.01. The van der Waals surface area contributed by atoms with Crippen molar-refractivity contribution in [3.8, 4) is 0 Å². The van der Waals surface area contributed by atoms with E-state index in [1.165, 1.54) is 12.7 Å². The second-order valence-electron chi connectivity index (χ2n) is 6.81. The van der Waals surface area contributed by atoms with Gasteiger partial charge < -0.3 is 15.4 Å². The van der Waals surface area contributed by atoms with Crippen molar-refractivity contribution < 1.29 is 9.53 Å². The van der Waals surface area contributed by atoms with E-state index in [1.807, 2.05) is 19.1 Å². The lowest BCUT2D eigenvalue weighted by Gasteiger charge is -2.14. The van der Waals surface area contributed by atoms with Gasteiger partial charge in [0.15, 0.2) is 0 Å². The Morgan fingerprint density at radius 3 is 2.32 bits per heavy atom. The van der Waals surface area contributed by atoms with Crippen molar-refractivity contribution in [3.05, 3.63) is 70.4 Å². The van der Waals surface area contributed by atoms with Crippen LogP contribution in [0.4, 0.5) is 23.1 Å². The Bertz CT molecular complexity index is 1010. The van der Waals surface area contributed by atoms with Gasteiger partial charge in [-0.3, -0.25) is 0 Å². The van der Waals surface area contributed by atoms with Crippen LogP contribution in [0.3, 0.4) is 0 Å². The minimum absolute atomic E-state index is 0.379. The van der Waals surface area contributed by atoms with E-state index >= 15 is 0 Å². The highest BCUT2D eigenvalue weighted by Gasteiger charge is 2.10. The van der Waals surface area contributed by atoms with Gasteiger partial charge >= 0.3 is 5.97 Å². The third kappa shape index (κ3) is 4.46. The maximum atomic E-state index is 11.7. The van der Waals surface area contributed by atoms with E-state index in [0.717, 1.165) is 28.2 Å². The number of aromatic nitrogens is 2. The smallest absolute Gasteiger partial charge is 0.337 e. The molecule has 2 N–H and O–H groups in total. The number of nitrogens with zero attached hydrogens (tertiary/aromatic N) is 2. The number of hydrogen-bond acceptors (Lipinski definition) is 6. The first-order valence-corrected chi connectivity index (χ1v) is 9.01. The van der Waals surface area contributed by atoms with E-state index in [0.29, 0.717) is 17.3 Å². The number of nitrogens with one attached hydrogen (secondary N) is 2. The lowest BCUT2D eigenvalue weighted by atomic mass is 10.1. The molecule has 0 radical (unpaired) electrons. The summed E-state index contributed by atoms with van der Waals surface area (Å²) in [5, 5.41) is 6.57. The van der Waals surface area contributed by atoms with Crippen molar-refractivity contribution in [3.63, 3.8) is 0 Å². The molecule has 0 bridgehead atoms. The van der Waals surface area contributed by atoms with Crippen LogP contribution >= 0.6 is 0 Å². The van der Waals surface area contributed by atoms with Crippen LogP contribution in [0.2, 0.25) is 0 Å². The van der Waals surface area contributed by atoms with Gasteiger partial charge in [-0.2, -0.15) is 4.98 Å². The molecule has 0 spiro atoms. The highest BCUT2D eigenvalue weighted by molar-refractivity contribution is 5.90. The van der Waals surface area contributed by atoms with Crippen LogP contribution in [-0.2, 0) is 4.74 Å². The number of aryl methyl sites for hydroxylation is 4. The number of esters is 1. The summed E-state index contributed by atoms with van der Waals surface area (Å²) >= 11 is 0. The third-order valence-corrected chi connectivity index (χ3v) is 4.32. The highest BCUT2D eigenvalue weighted by Crippen LogP contribution is 2.26. The third-order valence-electron chi connectivity index (χ3n) is 4.32. The van der Waals surface area contributed by atoms with Crippen molar-refractivity contribution in [2.75, 3.05) is 17.7 Å². The van der Waals surface area contributed by atoms with Crippen LogP contribution in [0.25, 0.3) is 0 Å². The predicted molar refractivity (Wildman–Crippen MR) is 112 cm³/mol. The lowest BCUT2D eigenvalue weighted by Crippen LogP contribution is -2.05. The Balaban J connectivity index is 1.88. The van der Waals surface area contributed by atoms with Crippen molar-refractivity contribution in [2.45, 2.75) is 27.7 Å². The summed E-state index contributed by atoms with van der Waals surface area (Å²) < 4.78 is 4.77. The van der Waals surface area contributed by atoms with Gasteiger partial charge in [-0.05, 0) is 57.0 Å². The standard InChI is InChI=1S/C22H24N4O2/c1-13-9-14(2)20(15(3)10-13)26-22-23-16(4)11-19(25-22)24-18-8-6-7-17(12-18)21(27)28-5/h6-12H,1-5H3,(H2,23,24,25,26). The van der Waals surface area contributed by atoms with Gasteiger partial charge in [-0.25, -0.2) is 9.78 Å². The summed E-state index contributed by atoms with van der Waals surface area (Å²) in [6, 6.07) is 13.2. The SMILES string of the molecule is COC(=O)c1cccc(Nc2cc(C)nc(Nc3c(C)cc(C)cc3C)n2)c1. The molecule has 0 atom stereocenters. The Morgan fingerprint density at radius 2 is 1.64 bits per heavy atom. The molecule has 0 aliphatic rings. The summed E-state index contributed by atoms with van der Waals surface area (Å²) in [5.41, 5.74) is 6.56. The van der Waals surface area contributed by atoms with E-state index in [-0.39, 0.29) is 5.97 Å². The van der Waals surface area contributed by atoms with Gasteiger partial charge in [0.25, 0.3) is 0 Å². The second-order valence-corrected chi connectivity index (χ2v) is 6.81. The number of carbonyl (C=O) groups excluding carboxylic acids is 1. The average molecular weight is 376 g/mol. The van der Waals surface area contributed by atoms with Crippen molar-refractivity contribution in [2.24, 2.45) is 0 Å². The minimum atomic E-state index is -0.379. The van der Waals surface area contributed by atoms with Crippen LogP contribution in [-0.4, -0.2) is 23.0 Å². The first kappa shape index (κ1) is 19.4. The molecule has 28 heavy (non-hydrogen) atoms. The van der Waals surface area contributed by atoms with Gasteiger partial charge in [-0.15, -0.1) is 0 Å². The molecule has 1 heterocycles. The molecule has 6 heteroatoms. The molecule has 0 saturated heterocycles. The monoisotopic (exact) mass is 376 g/mol. The van der Waals surface area contributed by atoms with Crippen LogP contribution in [0.1, 0.15) is 32.7 Å². The summed E-state index contributed by atoms with van der Waals surface area (Å²) in [5.74, 6) is 0.774. The molecule has 144 valence electrons. The molecule has 2 aromatic carbocycles. The van der Waals surface area contributed by atoms with Crippen LogP contribution in [0.15, 0.2) is 42.5 Å². The molecule has 0 aliphatic carbocycles. The average Bonchev–Trinajstić information content (AvgIpc) is 2.64. The van der Waals surface area contributed by atoms with Gasteiger partial charge in [0.1, 0.15) is 5.82 Å². The van der Waals surface area contributed by atoms with Crippen LogP contribution in [0.5, 0.6) is 0 Å². The number of ether oxygens (including phenoxy) is 1. The molecule has 0 fully saturated rings. The largest absolute Gasteiger partial charge is 0.465 e. The first-order chi connectivity index (χ1) is 13.4. The number of benzene rings is 2. The molecule has 0 amide bonds. The van der Waals surface area contributed by atoms with Crippen molar-refractivity contribution in [1.29, 1.82) is 0 Å². The lowest BCUT2D eigenvalue weighted by molar-refractivity contribution is 0.0601. The van der Waals surface area contributed by atoms with E-state index < -0.39 is 0 Å². The fourth-order valence-electron chi connectivity index (χ4n) is 3.17. The molecule has 6 nitrogen and oxygen atoms in total. The topological polar surface area (TPSA) is 76.1 Å². The maximum Gasteiger partial charge on any atom is 0.337 e. The number of rotatable bonds is 5. The quantitative estimate of drug-likeness (QED) is 0.611. The molecular formula is C22H24N4O2. The fraction of sp³-hybridized carbons (Fsp3) is 0.227. The second kappa shape index (κ2) is 8.08. The van der Waals surface area contributed by atoms with Crippen molar-refractivity contribution in [1.82, 2.24) is 9.97 Å². The Labute approximate surface area is 165 Å². The number of carbonyl (C=O) groups is 1. The Kier molecular flexibility index (Phi) is 5.59. The molecular weight excluding hydrogens is 352 g/mol. The molecule has 0 unspecified atom stereocenters. The van der Waals surface area contributed by atoms with Gasteiger partial charge in [0.2, 0.25) is 5.95 Å². The summed E-state index contributed by atoms with van der Waals surface area (Å²) in [6.07, 6.45) is 0. The number of hydrogen-bond donors (Lipinski definition) is 2. The molecule has 0 aliphatic heterocycles. The fourth-order valence-corrected chi connectivity index (χ4v) is 3.17. The highest BCUT2D eigenvalue weighted by atomic mass is 16.5. The van der Waals surface area contributed by atoms with Crippen molar-refractivity contribution >= 4 is 29.1 Å². The van der Waals surface area contributed by atoms with E-state index in [9.17, 15) is 4.79 Å². The Hall–Kier alpha value is -3.41. The maximum absolute atomic E-state index is 11.7. The summed E-state index contributed by atoms with van der Waals surface area (Å²) in [7, 11) is 1.36. The normalized spacial score (nSPS) is 10.5. The Morgan fingerprint density at radius 1 is 0.929 bits per heavy atom. The van der Waals surface area contributed by atoms with Gasteiger partial charge in [0.05, 0.1) is 12.7 Å². The van der Waals surface area contributed by atoms with Gasteiger partial charge in [-0.1, -0.05) is 23.8 Å². The van der Waals surface area contributed by atoms with Gasteiger partial charge in [0, 0.05) is 23.1 Å². The van der Waals surface area contributed by atoms with Crippen LogP contribution < -0.4 is 10.6 Å². The number of methoxy groups -OCH3 is 1. The molecule has 3 aromatic rings. The molecule has 0 saturated carbocycles. The predicted octanol–water partition coefficient (Wildman–Crippen LogP) is 4.98. The minimum Gasteiger partial charge on any atom is -0.465 e. The number of anilines is 4.